The molecule has 0 aliphatic rings. The highest BCUT2D eigenvalue weighted by Crippen LogP contribution is 2.21. The zero-order valence-electron chi connectivity index (χ0n) is 16.1. The second kappa shape index (κ2) is 10.0. The van der Waals surface area contributed by atoms with Crippen LogP contribution in [-0.2, 0) is 6.54 Å². The molecule has 11 nitrogen and oxygen atoms in total. The molecule has 3 rings (SSSR count). The smallest absolute Gasteiger partial charge is 0.329 e. The molecule has 0 aliphatic carbocycles. The van der Waals surface area contributed by atoms with Crippen molar-refractivity contribution in [1.82, 2.24) is 20.4 Å². The molecule has 0 fully saturated rings. The summed E-state index contributed by atoms with van der Waals surface area (Å²) in [6, 6.07) is 7.79. The lowest BCUT2D eigenvalue weighted by Gasteiger charge is -2.10. The van der Waals surface area contributed by atoms with Crippen LogP contribution < -0.4 is 10.6 Å². The fraction of sp³-hybridized carbons (Fsp3) is 0.158. The highest BCUT2D eigenvalue weighted by molar-refractivity contribution is 6.07. The van der Waals surface area contributed by atoms with Crippen molar-refractivity contribution in [2.45, 2.75) is 6.54 Å². The number of nitro groups is 1. The van der Waals surface area contributed by atoms with Crippen molar-refractivity contribution < 1.29 is 18.9 Å². The number of anilines is 1. The van der Waals surface area contributed by atoms with E-state index in [-0.39, 0.29) is 48.6 Å². The minimum Gasteiger partial charge on any atom is -0.395 e. The summed E-state index contributed by atoms with van der Waals surface area (Å²) in [5, 5.41) is 37.9. The van der Waals surface area contributed by atoms with Gasteiger partial charge < -0.3 is 20.3 Å². The standard InChI is InChI=1S/C19H18FN7O4/c20-13-4-2-1-3-12(13)10-23-16(15-5-8-31-26-15)9-14(21)18-24-11-17(27(29)30)19(25-18)22-6-7-28/h1-5,8-9,11,21,23,28H,6-7,10H2,(H,22,24,25)/b16-9-,21-14?. The summed E-state index contributed by atoms with van der Waals surface area (Å²) in [7, 11) is 0. The summed E-state index contributed by atoms with van der Waals surface area (Å²) in [6.45, 7) is -0.109. The highest BCUT2D eigenvalue weighted by Gasteiger charge is 2.19. The summed E-state index contributed by atoms with van der Waals surface area (Å²) in [4.78, 5) is 18.4. The third-order valence-electron chi connectivity index (χ3n) is 4.04. The molecule has 3 aromatic rings. The number of rotatable bonds is 10. The van der Waals surface area contributed by atoms with E-state index in [1.165, 1.54) is 18.4 Å². The Balaban J connectivity index is 1.88. The average Bonchev–Trinajstić information content (AvgIpc) is 3.30. The number of halogens is 1. The molecule has 4 N–H and O–H groups in total. The number of allylic oxidation sites excluding steroid dienone is 1. The highest BCUT2D eigenvalue weighted by atomic mass is 19.1. The van der Waals surface area contributed by atoms with Crippen LogP contribution in [0.2, 0.25) is 0 Å². The normalized spacial score (nSPS) is 11.2. The Kier molecular flexibility index (Phi) is 6.96. The van der Waals surface area contributed by atoms with Crippen LogP contribution >= 0.6 is 0 Å². The first-order valence-electron chi connectivity index (χ1n) is 9.04. The minimum absolute atomic E-state index is 0.0366. The molecule has 0 radical (unpaired) electrons. The van der Waals surface area contributed by atoms with Crippen LogP contribution in [-0.4, -0.2) is 44.0 Å². The van der Waals surface area contributed by atoms with Gasteiger partial charge in [-0.15, -0.1) is 0 Å². The van der Waals surface area contributed by atoms with E-state index in [1.54, 1.807) is 24.3 Å². The zero-order chi connectivity index (χ0) is 22.2. The fourth-order valence-corrected chi connectivity index (χ4v) is 2.55. The molecule has 0 unspecified atom stereocenters. The summed E-state index contributed by atoms with van der Waals surface area (Å²) in [6.07, 6.45) is 3.68. The van der Waals surface area contributed by atoms with E-state index in [4.69, 9.17) is 15.0 Å². The maximum absolute atomic E-state index is 13.9. The Bertz CT molecular complexity index is 1100. The molecule has 0 spiro atoms. The van der Waals surface area contributed by atoms with Gasteiger partial charge in [-0.2, -0.15) is 0 Å². The van der Waals surface area contributed by atoms with Gasteiger partial charge in [0.05, 0.1) is 17.2 Å². The topological polar surface area (TPSA) is 163 Å². The first kappa shape index (κ1) is 21.5. The number of nitrogens with one attached hydrogen (secondary N) is 3. The van der Waals surface area contributed by atoms with Gasteiger partial charge in [-0.25, -0.2) is 14.4 Å². The van der Waals surface area contributed by atoms with Crippen LogP contribution in [0.1, 0.15) is 17.1 Å². The van der Waals surface area contributed by atoms with Crippen molar-refractivity contribution in [2.24, 2.45) is 0 Å². The lowest BCUT2D eigenvalue weighted by Crippen LogP contribution is -2.16. The van der Waals surface area contributed by atoms with Crippen LogP contribution in [0.25, 0.3) is 5.70 Å². The van der Waals surface area contributed by atoms with Gasteiger partial charge in [0.25, 0.3) is 0 Å². The molecule has 0 atom stereocenters. The molecule has 12 heteroatoms. The Hall–Kier alpha value is -4.19. The number of benzene rings is 1. The number of hydrogen-bond donors (Lipinski definition) is 4. The molecule has 2 heterocycles. The quantitative estimate of drug-likeness (QED) is 0.215. The predicted octanol–water partition coefficient (Wildman–Crippen LogP) is 2.11. The van der Waals surface area contributed by atoms with E-state index < -0.39 is 4.92 Å². The van der Waals surface area contributed by atoms with Crippen LogP contribution in [0.3, 0.4) is 0 Å². The van der Waals surface area contributed by atoms with Crippen molar-refractivity contribution in [3.63, 3.8) is 0 Å². The van der Waals surface area contributed by atoms with E-state index >= 15 is 0 Å². The second-order valence-electron chi connectivity index (χ2n) is 6.14. The molecule has 160 valence electrons. The van der Waals surface area contributed by atoms with E-state index in [1.807, 2.05) is 0 Å². The van der Waals surface area contributed by atoms with Gasteiger partial charge in [0.1, 0.15) is 29.7 Å². The number of aliphatic hydroxyl groups is 1. The van der Waals surface area contributed by atoms with E-state index in [0.29, 0.717) is 17.0 Å². The molecular weight excluding hydrogens is 409 g/mol. The fourth-order valence-electron chi connectivity index (χ4n) is 2.55. The van der Waals surface area contributed by atoms with Crippen LogP contribution in [0, 0.1) is 21.3 Å². The van der Waals surface area contributed by atoms with Crippen molar-refractivity contribution in [1.29, 1.82) is 5.41 Å². The molecule has 0 aliphatic heterocycles. The van der Waals surface area contributed by atoms with E-state index in [9.17, 15) is 14.5 Å². The third-order valence-corrected chi connectivity index (χ3v) is 4.04. The Morgan fingerprint density at radius 2 is 2.16 bits per heavy atom. The first-order valence-corrected chi connectivity index (χ1v) is 9.04. The van der Waals surface area contributed by atoms with Crippen LogP contribution in [0.5, 0.6) is 0 Å². The molecule has 0 amide bonds. The molecule has 2 aromatic heterocycles. The van der Waals surface area contributed by atoms with Gasteiger partial charge in [-0.3, -0.25) is 15.5 Å². The molecule has 0 saturated heterocycles. The van der Waals surface area contributed by atoms with Crippen LogP contribution in [0.4, 0.5) is 15.9 Å². The summed E-state index contributed by atoms with van der Waals surface area (Å²) < 4.78 is 18.8. The first-order chi connectivity index (χ1) is 15.0. The van der Waals surface area contributed by atoms with Gasteiger partial charge in [0, 0.05) is 24.7 Å². The SMILES string of the molecule is N=C(/C=C(\NCc1ccccc1F)c1ccon1)c1ncc([N+](=O)[O-])c(NCCO)n1. The Morgan fingerprint density at radius 3 is 2.84 bits per heavy atom. The van der Waals surface area contributed by atoms with Crippen molar-refractivity contribution in [3.8, 4) is 0 Å². The number of nitrogens with zero attached hydrogens (tertiary/aromatic N) is 4. The third kappa shape index (κ3) is 5.45. The van der Waals surface area contributed by atoms with Gasteiger partial charge >= 0.3 is 5.69 Å². The Morgan fingerprint density at radius 1 is 1.35 bits per heavy atom. The lowest BCUT2D eigenvalue weighted by atomic mass is 10.2. The largest absolute Gasteiger partial charge is 0.395 e. The summed E-state index contributed by atoms with van der Waals surface area (Å²) in [5.41, 5.74) is 0.547. The van der Waals surface area contributed by atoms with Gasteiger partial charge in [0.2, 0.25) is 5.82 Å². The van der Waals surface area contributed by atoms with Crippen molar-refractivity contribution in [2.75, 3.05) is 18.5 Å². The predicted molar refractivity (Wildman–Crippen MR) is 109 cm³/mol. The molecule has 0 bridgehead atoms. The van der Waals surface area contributed by atoms with Gasteiger partial charge in [-0.1, -0.05) is 23.4 Å². The monoisotopic (exact) mass is 427 g/mol. The van der Waals surface area contributed by atoms with Crippen molar-refractivity contribution >= 4 is 22.9 Å². The maximum Gasteiger partial charge on any atom is 0.329 e. The summed E-state index contributed by atoms with van der Waals surface area (Å²) in [5.74, 6) is -0.605. The van der Waals surface area contributed by atoms with Crippen LogP contribution in [0.15, 0.2) is 53.4 Å². The van der Waals surface area contributed by atoms with Crippen molar-refractivity contribution in [3.05, 3.63) is 81.9 Å². The molecule has 0 saturated carbocycles. The molecule has 1 aromatic carbocycles. The average molecular weight is 427 g/mol. The van der Waals surface area contributed by atoms with E-state index in [0.717, 1.165) is 6.20 Å². The Labute approximate surface area is 175 Å². The minimum atomic E-state index is -0.667. The zero-order valence-corrected chi connectivity index (χ0v) is 16.1. The number of aromatic nitrogens is 3. The van der Waals surface area contributed by atoms with Gasteiger partial charge in [-0.05, 0) is 12.1 Å². The van der Waals surface area contributed by atoms with Gasteiger partial charge in [0.15, 0.2) is 5.82 Å². The summed E-state index contributed by atoms with van der Waals surface area (Å²) >= 11 is 0. The second-order valence-corrected chi connectivity index (χ2v) is 6.14. The molecule has 31 heavy (non-hydrogen) atoms. The molecular formula is C19H18FN7O4. The maximum atomic E-state index is 13.9. The number of aliphatic hydroxyl groups excluding tert-OH is 1. The lowest BCUT2D eigenvalue weighted by molar-refractivity contribution is -0.384. The van der Waals surface area contributed by atoms with E-state index in [2.05, 4.69) is 25.8 Å². The number of hydrogen-bond acceptors (Lipinski definition) is 10.